The van der Waals surface area contributed by atoms with Crippen molar-refractivity contribution in [2.75, 3.05) is 31.2 Å². The van der Waals surface area contributed by atoms with Gasteiger partial charge in [0, 0.05) is 31.4 Å². The minimum atomic E-state index is 0.301. The molecule has 1 aromatic rings. The van der Waals surface area contributed by atoms with Gasteiger partial charge in [0.1, 0.15) is 11.6 Å². The first-order valence-corrected chi connectivity index (χ1v) is 7.52. The summed E-state index contributed by atoms with van der Waals surface area (Å²) in [5, 5.41) is 0. The van der Waals surface area contributed by atoms with Gasteiger partial charge in [0.05, 0.1) is 19.3 Å². The summed E-state index contributed by atoms with van der Waals surface area (Å²) in [6.45, 7) is 3.34. The molecule has 0 amide bonds. The molecule has 5 nitrogen and oxygen atoms in total. The van der Waals surface area contributed by atoms with E-state index in [2.05, 4.69) is 9.88 Å². The van der Waals surface area contributed by atoms with Crippen molar-refractivity contribution in [2.24, 2.45) is 5.73 Å². The number of nitrogens with two attached hydrogens (primary N) is 1. The monoisotopic (exact) mass is 277 g/mol. The van der Waals surface area contributed by atoms with Gasteiger partial charge in [0.2, 0.25) is 0 Å². The van der Waals surface area contributed by atoms with Gasteiger partial charge in [-0.05, 0) is 31.7 Å². The zero-order chi connectivity index (χ0) is 13.8. The standard InChI is InChI=1S/C15H23N3O2/c16-12-1-3-13(4-2-12)20-14-5-6-17-15(11-14)18-7-9-19-10-8-18/h5-6,11-13H,1-4,7-10,16H2. The van der Waals surface area contributed by atoms with Crippen LogP contribution in [0.3, 0.4) is 0 Å². The summed E-state index contributed by atoms with van der Waals surface area (Å²) in [5.74, 6) is 1.90. The number of pyridine rings is 1. The molecule has 1 aromatic heterocycles. The lowest BCUT2D eigenvalue weighted by atomic mass is 9.94. The van der Waals surface area contributed by atoms with Crippen molar-refractivity contribution in [1.82, 2.24) is 4.98 Å². The highest BCUT2D eigenvalue weighted by molar-refractivity contribution is 5.43. The van der Waals surface area contributed by atoms with Gasteiger partial charge in [-0.3, -0.25) is 0 Å². The van der Waals surface area contributed by atoms with E-state index in [1.165, 1.54) is 0 Å². The second-order valence-corrected chi connectivity index (χ2v) is 5.60. The van der Waals surface area contributed by atoms with Gasteiger partial charge < -0.3 is 20.1 Å². The molecular weight excluding hydrogens is 254 g/mol. The Labute approximate surface area is 120 Å². The summed E-state index contributed by atoms with van der Waals surface area (Å²) in [6.07, 6.45) is 6.36. The summed E-state index contributed by atoms with van der Waals surface area (Å²) in [6, 6.07) is 4.34. The molecular formula is C15H23N3O2. The van der Waals surface area contributed by atoms with Crippen LogP contribution in [0.5, 0.6) is 5.75 Å². The highest BCUT2D eigenvalue weighted by Crippen LogP contribution is 2.25. The highest BCUT2D eigenvalue weighted by atomic mass is 16.5. The average Bonchev–Trinajstić information content (AvgIpc) is 2.51. The molecule has 2 aliphatic rings. The summed E-state index contributed by atoms with van der Waals surface area (Å²) >= 11 is 0. The minimum absolute atomic E-state index is 0.301. The Morgan fingerprint density at radius 1 is 1.20 bits per heavy atom. The van der Waals surface area contributed by atoms with Crippen LogP contribution in [0, 0.1) is 0 Å². The number of anilines is 1. The molecule has 110 valence electrons. The van der Waals surface area contributed by atoms with Crippen LogP contribution in [-0.4, -0.2) is 43.4 Å². The number of hydrogen-bond acceptors (Lipinski definition) is 5. The third-order valence-corrected chi connectivity index (χ3v) is 4.07. The van der Waals surface area contributed by atoms with Crippen molar-refractivity contribution in [3.8, 4) is 5.75 Å². The van der Waals surface area contributed by atoms with Crippen LogP contribution >= 0.6 is 0 Å². The Morgan fingerprint density at radius 2 is 1.95 bits per heavy atom. The number of hydrogen-bond donors (Lipinski definition) is 1. The fraction of sp³-hybridized carbons (Fsp3) is 0.667. The maximum absolute atomic E-state index is 6.08. The maximum Gasteiger partial charge on any atom is 0.132 e. The van der Waals surface area contributed by atoms with E-state index in [0.717, 1.165) is 63.6 Å². The molecule has 2 N–H and O–H groups in total. The predicted octanol–water partition coefficient (Wildman–Crippen LogP) is 1.57. The van der Waals surface area contributed by atoms with Crippen molar-refractivity contribution >= 4 is 5.82 Å². The van der Waals surface area contributed by atoms with Crippen LogP contribution in [0.25, 0.3) is 0 Å². The Morgan fingerprint density at radius 3 is 2.70 bits per heavy atom. The Balaban J connectivity index is 1.62. The van der Waals surface area contributed by atoms with E-state index in [9.17, 15) is 0 Å². The van der Waals surface area contributed by atoms with Crippen molar-refractivity contribution < 1.29 is 9.47 Å². The fourth-order valence-corrected chi connectivity index (χ4v) is 2.84. The zero-order valence-corrected chi connectivity index (χ0v) is 11.8. The molecule has 0 bridgehead atoms. The number of rotatable bonds is 3. The van der Waals surface area contributed by atoms with E-state index in [1.807, 2.05) is 18.3 Å². The molecule has 2 fully saturated rings. The quantitative estimate of drug-likeness (QED) is 0.908. The van der Waals surface area contributed by atoms with Gasteiger partial charge in [0.25, 0.3) is 0 Å². The fourth-order valence-electron chi connectivity index (χ4n) is 2.84. The molecule has 1 saturated carbocycles. The first kappa shape index (κ1) is 13.6. The minimum Gasteiger partial charge on any atom is -0.490 e. The van der Waals surface area contributed by atoms with Crippen LogP contribution in [0.4, 0.5) is 5.82 Å². The van der Waals surface area contributed by atoms with E-state index in [1.54, 1.807) is 0 Å². The maximum atomic E-state index is 6.08. The first-order chi connectivity index (χ1) is 9.81. The van der Waals surface area contributed by atoms with Gasteiger partial charge in [-0.1, -0.05) is 0 Å². The molecule has 0 aromatic carbocycles. The summed E-state index contributed by atoms with van der Waals surface area (Å²) in [4.78, 5) is 6.68. The van der Waals surface area contributed by atoms with Gasteiger partial charge in [-0.25, -0.2) is 4.98 Å². The Hall–Kier alpha value is -1.33. The van der Waals surface area contributed by atoms with E-state index in [-0.39, 0.29) is 0 Å². The van der Waals surface area contributed by atoms with Gasteiger partial charge in [-0.2, -0.15) is 0 Å². The van der Waals surface area contributed by atoms with Gasteiger partial charge >= 0.3 is 0 Å². The third kappa shape index (κ3) is 3.41. The molecule has 0 unspecified atom stereocenters. The molecule has 3 rings (SSSR count). The lowest BCUT2D eigenvalue weighted by Crippen LogP contribution is -2.36. The van der Waals surface area contributed by atoms with Gasteiger partial charge in [-0.15, -0.1) is 0 Å². The molecule has 20 heavy (non-hydrogen) atoms. The lowest BCUT2D eigenvalue weighted by Gasteiger charge is -2.29. The van der Waals surface area contributed by atoms with E-state index in [4.69, 9.17) is 15.2 Å². The number of ether oxygens (including phenoxy) is 2. The number of aromatic nitrogens is 1. The van der Waals surface area contributed by atoms with E-state index in [0.29, 0.717) is 12.1 Å². The van der Waals surface area contributed by atoms with E-state index < -0.39 is 0 Å². The largest absolute Gasteiger partial charge is 0.490 e. The van der Waals surface area contributed by atoms with Crippen LogP contribution < -0.4 is 15.4 Å². The molecule has 0 spiro atoms. The average molecular weight is 277 g/mol. The van der Waals surface area contributed by atoms with Crippen molar-refractivity contribution in [1.29, 1.82) is 0 Å². The Kier molecular flexibility index (Phi) is 4.38. The second kappa shape index (κ2) is 6.41. The molecule has 0 atom stereocenters. The number of nitrogens with zero attached hydrogens (tertiary/aromatic N) is 2. The van der Waals surface area contributed by atoms with Crippen LogP contribution in [0.15, 0.2) is 18.3 Å². The zero-order valence-electron chi connectivity index (χ0n) is 11.8. The Bertz CT molecular complexity index is 427. The topological polar surface area (TPSA) is 60.6 Å². The SMILES string of the molecule is NC1CCC(Oc2ccnc(N3CCOCC3)c2)CC1. The summed E-state index contributed by atoms with van der Waals surface area (Å²) in [5.41, 5.74) is 5.93. The van der Waals surface area contributed by atoms with Crippen LogP contribution in [-0.2, 0) is 4.74 Å². The normalized spacial score (nSPS) is 27.4. The molecule has 1 saturated heterocycles. The van der Waals surface area contributed by atoms with Crippen molar-refractivity contribution in [3.05, 3.63) is 18.3 Å². The number of morpholine rings is 1. The molecule has 1 aliphatic carbocycles. The van der Waals surface area contributed by atoms with Crippen LogP contribution in [0.1, 0.15) is 25.7 Å². The van der Waals surface area contributed by atoms with Gasteiger partial charge in [0.15, 0.2) is 0 Å². The smallest absolute Gasteiger partial charge is 0.132 e. The predicted molar refractivity (Wildman–Crippen MR) is 78.1 cm³/mol. The molecule has 1 aliphatic heterocycles. The third-order valence-electron chi connectivity index (χ3n) is 4.07. The highest BCUT2D eigenvalue weighted by Gasteiger charge is 2.20. The molecule has 5 heteroatoms. The molecule has 2 heterocycles. The second-order valence-electron chi connectivity index (χ2n) is 5.60. The summed E-state index contributed by atoms with van der Waals surface area (Å²) in [7, 11) is 0. The van der Waals surface area contributed by atoms with Crippen molar-refractivity contribution in [2.45, 2.75) is 37.8 Å². The lowest BCUT2D eigenvalue weighted by molar-refractivity contribution is 0.122. The molecule has 0 radical (unpaired) electrons. The van der Waals surface area contributed by atoms with Crippen LogP contribution in [0.2, 0.25) is 0 Å². The summed E-state index contributed by atoms with van der Waals surface area (Å²) < 4.78 is 11.5. The first-order valence-electron chi connectivity index (χ1n) is 7.52. The van der Waals surface area contributed by atoms with Crippen molar-refractivity contribution in [3.63, 3.8) is 0 Å². The van der Waals surface area contributed by atoms with E-state index >= 15 is 0 Å².